The molecule has 3 heteroatoms. The minimum Gasteiger partial charge on any atom is -0.461 e. The number of hydrogen-bond donors (Lipinski definition) is 0. The fourth-order valence-corrected chi connectivity index (χ4v) is 2.99. The van der Waals surface area contributed by atoms with Gasteiger partial charge in [-0.2, -0.15) is 0 Å². The summed E-state index contributed by atoms with van der Waals surface area (Å²) >= 11 is 3.52. The molecule has 1 saturated carbocycles. The first-order chi connectivity index (χ1) is 5.18. The lowest BCUT2D eigenvalue weighted by Crippen LogP contribution is -2.30. The van der Waals surface area contributed by atoms with Gasteiger partial charge in [-0.3, -0.25) is 4.79 Å². The predicted octanol–water partition coefficient (Wildman–Crippen LogP) is 1.87. The highest BCUT2D eigenvalue weighted by molar-refractivity contribution is 9.09. The third-order valence-electron chi connectivity index (χ3n) is 2.95. The van der Waals surface area contributed by atoms with Gasteiger partial charge in [-0.25, -0.2) is 0 Å². The molecule has 0 unspecified atom stereocenters. The fourth-order valence-electron chi connectivity index (χ4n) is 2.08. The van der Waals surface area contributed by atoms with Crippen LogP contribution in [0, 0.1) is 5.41 Å². The molecule has 11 heavy (non-hydrogen) atoms. The van der Waals surface area contributed by atoms with Crippen molar-refractivity contribution >= 4 is 21.9 Å². The third kappa shape index (κ3) is 0.866. The molecule has 0 aromatic rings. The first-order valence-corrected chi connectivity index (χ1v) is 4.95. The van der Waals surface area contributed by atoms with Crippen molar-refractivity contribution in [2.45, 2.75) is 37.1 Å². The largest absolute Gasteiger partial charge is 0.461 e. The number of ether oxygens (including phenoxy) is 1. The van der Waals surface area contributed by atoms with Crippen LogP contribution in [0.5, 0.6) is 0 Å². The number of hydrogen-bond acceptors (Lipinski definition) is 2. The smallest absolute Gasteiger partial charge is 0.312 e. The summed E-state index contributed by atoms with van der Waals surface area (Å²) in [5.74, 6) is 0.0284. The lowest BCUT2D eigenvalue weighted by molar-refractivity contribution is -0.152. The van der Waals surface area contributed by atoms with Gasteiger partial charge in [-0.15, -0.1) is 0 Å². The van der Waals surface area contributed by atoms with E-state index in [0.29, 0.717) is 4.83 Å². The number of halogens is 1. The van der Waals surface area contributed by atoms with Gasteiger partial charge in [0.2, 0.25) is 0 Å². The second-order valence-electron chi connectivity index (χ2n) is 3.50. The fraction of sp³-hybridized carbons (Fsp3) is 0.875. The second kappa shape index (κ2) is 2.22. The zero-order valence-corrected chi connectivity index (χ0v) is 8.06. The summed E-state index contributed by atoms with van der Waals surface area (Å²) < 4.78 is 5.18. The van der Waals surface area contributed by atoms with Crippen molar-refractivity contribution in [1.82, 2.24) is 0 Å². The van der Waals surface area contributed by atoms with E-state index in [0.717, 1.165) is 19.3 Å². The average Bonchev–Trinajstić information content (AvgIpc) is 2.43. The maximum atomic E-state index is 11.3. The van der Waals surface area contributed by atoms with Crippen molar-refractivity contribution < 1.29 is 9.53 Å². The van der Waals surface area contributed by atoms with E-state index in [1.54, 1.807) is 0 Å². The maximum Gasteiger partial charge on any atom is 0.312 e. The summed E-state index contributed by atoms with van der Waals surface area (Å²) in [6, 6.07) is 0. The summed E-state index contributed by atoms with van der Waals surface area (Å²) in [6.07, 6.45) is 2.97. The Bertz CT molecular complexity index is 200. The zero-order valence-electron chi connectivity index (χ0n) is 6.47. The highest BCUT2D eigenvalue weighted by Gasteiger charge is 2.57. The summed E-state index contributed by atoms with van der Waals surface area (Å²) in [7, 11) is 0. The molecule has 2 aliphatic rings. The van der Waals surface area contributed by atoms with E-state index in [9.17, 15) is 4.79 Å². The van der Waals surface area contributed by atoms with Crippen molar-refractivity contribution in [3.63, 3.8) is 0 Å². The van der Waals surface area contributed by atoms with E-state index in [2.05, 4.69) is 22.9 Å². The van der Waals surface area contributed by atoms with Crippen LogP contribution in [0.25, 0.3) is 0 Å². The summed E-state index contributed by atoms with van der Waals surface area (Å²) in [5.41, 5.74) is -0.126. The van der Waals surface area contributed by atoms with Gasteiger partial charge in [-0.05, 0) is 12.8 Å². The van der Waals surface area contributed by atoms with Gasteiger partial charge in [-0.1, -0.05) is 22.9 Å². The molecule has 0 radical (unpaired) electrons. The van der Waals surface area contributed by atoms with Crippen LogP contribution < -0.4 is 0 Å². The van der Waals surface area contributed by atoms with E-state index in [1.165, 1.54) is 0 Å². The molecule has 0 aromatic carbocycles. The molecule has 1 aliphatic carbocycles. The van der Waals surface area contributed by atoms with Gasteiger partial charge < -0.3 is 4.74 Å². The molecule has 62 valence electrons. The Balaban J connectivity index is 2.27. The number of esters is 1. The number of rotatable bonds is 1. The van der Waals surface area contributed by atoms with Gasteiger partial charge in [0.25, 0.3) is 0 Å². The first-order valence-electron chi connectivity index (χ1n) is 4.03. The molecule has 1 aliphatic heterocycles. The minimum absolute atomic E-state index is 0.0284. The predicted molar refractivity (Wildman–Crippen MR) is 44.6 cm³/mol. The molecule has 0 spiro atoms. The lowest BCUT2D eigenvalue weighted by atomic mass is 9.85. The van der Waals surface area contributed by atoms with E-state index in [1.807, 2.05) is 0 Å². The van der Waals surface area contributed by atoms with Crippen molar-refractivity contribution in [1.29, 1.82) is 0 Å². The molecule has 0 aromatic heterocycles. The highest BCUT2D eigenvalue weighted by atomic mass is 79.9. The van der Waals surface area contributed by atoms with E-state index in [4.69, 9.17) is 4.74 Å². The molecule has 3 atom stereocenters. The third-order valence-corrected chi connectivity index (χ3v) is 3.86. The molecule has 2 bridgehead atoms. The van der Waals surface area contributed by atoms with Crippen LogP contribution in [0.15, 0.2) is 0 Å². The molecule has 2 fully saturated rings. The van der Waals surface area contributed by atoms with Gasteiger partial charge in [0.05, 0.1) is 10.2 Å². The highest BCUT2D eigenvalue weighted by Crippen LogP contribution is 2.51. The topological polar surface area (TPSA) is 26.3 Å². The quantitative estimate of drug-likeness (QED) is 0.497. The first kappa shape index (κ1) is 7.59. The lowest BCUT2D eigenvalue weighted by Gasteiger charge is -2.23. The van der Waals surface area contributed by atoms with Crippen LogP contribution in [0.4, 0.5) is 0 Å². The minimum atomic E-state index is -0.126. The Labute approximate surface area is 74.4 Å². The number of carbonyl (C=O) groups is 1. The zero-order chi connectivity index (χ0) is 8.06. The summed E-state index contributed by atoms with van der Waals surface area (Å²) in [4.78, 5) is 11.7. The van der Waals surface area contributed by atoms with Gasteiger partial charge in [0.1, 0.15) is 6.10 Å². The van der Waals surface area contributed by atoms with E-state index < -0.39 is 0 Å². The molecule has 0 N–H and O–H groups in total. The number of carbonyl (C=O) groups excluding carboxylic acids is 1. The second-order valence-corrected chi connectivity index (χ2v) is 4.68. The standard InChI is InChI=1S/C8H11BrO2/c1-2-8-3-5(9)6(4-8)11-7(8)10/h5-6H,2-4H2,1H3/t5-,6+,8-/m1/s1. The Kier molecular flexibility index (Phi) is 1.53. The van der Waals surface area contributed by atoms with Crippen LogP contribution in [0.2, 0.25) is 0 Å². The van der Waals surface area contributed by atoms with Crippen molar-refractivity contribution in [2.24, 2.45) is 5.41 Å². The van der Waals surface area contributed by atoms with Crippen molar-refractivity contribution in [2.75, 3.05) is 0 Å². The van der Waals surface area contributed by atoms with Crippen LogP contribution >= 0.6 is 15.9 Å². The van der Waals surface area contributed by atoms with Crippen molar-refractivity contribution in [3.8, 4) is 0 Å². The van der Waals surface area contributed by atoms with Gasteiger partial charge in [0, 0.05) is 6.42 Å². The Morgan fingerprint density at radius 2 is 2.45 bits per heavy atom. The summed E-state index contributed by atoms with van der Waals surface area (Å²) in [5, 5.41) is 0. The molecule has 1 saturated heterocycles. The number of fused-ring (bicyclic) bond motifs is 2. The normalized spacial score (nSPS) is 48.0. The van der Waals surface area contributed by atoms with Gasteiger partial charge >= 0.3 is 5.97 Å². The van der Waals surface area contributed by atoms with Crippen LogP contribution in [-0.4, -0.2) is 16.9 Å². The Hall–Kier alpha value is -0.0500. The molecule has 0 amide bonds. The molecule has 2 nitrogen and oxygen atoms in total. The molecular formula is C8H11BrO2. The number of alkyl halides is 1. The SMILES string of the molecule is CC[C@@]12C[C@@H](Br)[C@H](C1)OC2=O. The molecule has 2 rings (SSSR count). The average molecular weight is 219 g/mol. The monoisotopic (exact) mass is 218 g/mol. The summed E-state index contributed by atoms with van der Waals surface area (Å²) in [6.45, 7) is 2.06. The Morgan fingerprint density at radius 1 is 1.73 bits per heavy atom. The van der Waals surface area contributed by atoms with Gasteiger partial charge in [0.15, 0.2) is 0 Å². The van der Waals surface area contributed by atoms with E-state index in [-0.39, 0.29) is 17.5 Å². The van der Waals surface area contributed by atoms with Crippen molar-refractivity contribution in [3.05, 3.63) is 0 Å². The maximum absolute atomic E-state index is 11.3. The molecular weight excluding hydrogens is 208 g/mol. The molecule has 1 heterocycles. The van der Waals surface area contributed by atoms with Crippen LogP contribution in [0.1, 0.15) is 26.2 Å². The Morgan fingerprint density at radius 3 is 2.82 bits per heavy atom. The van der Waals surface area contributed by atoms with Crippen LogP contribution in [0.3, 0.4) is 0 Å². The van der Waals surface area contributed by atoms with Crippen LogP contribution in [-0.2, 0) is 9.53 Å². The van der Waals surface area contributed by atoms with E-state index >= 15 is 0 Å².